The molecule has 1 aromatic carbocycles. The summed E-state index contributed by atoms with van der Waals surface area (Å²) in [5.74, 6) is 1.67. The minimum Gasteiger partial charge on any atom is -0.484 e. The van der Waals surface area contributed by atoms with Crippen molar-refractivity contribution in [1.29, 1.82) is 0 Å². The van der Waals surface area contributed by atoms with Gasteiger partial charge in [-0.3, -0.25) is 9.69 Å². The molecule has 0 saturated carbocycles. The molecule has 0 unspecified atom stereocenters. The largest absolute Gasteiger partial charge is 0.484 e. The predicted molar refractivity (Wildman–Crippen MR) is 106 cm³/mol. The van der Waals surface area contributed by atoms with Crippen LogP contribution >= 0.6 is 11.3 Å². The highest BCUT2D eigenvalue weighted by Gasteiger charge is 2.18. The molecule has 5 heteroatoms. The second-order valence-corrected chi connectivity index (χ2v) is 7.29. The third kappa shape index (κ3) is 4.70. The molecule has 0 aliphatic rings. The van der Waals surface area contributed by atoms with E-state index in [1.807, 2.05) is 60.0 Å². The molecule has 0 atom stereocenters. The summed E-state index contributed by atoms with van der Waals surface area (Å²) in [5, 5.41) is 2.00. The lowest BCUT2D eigenvalue weighted by Crippen LogP contribution is -2.34. The zero-order valence-electron chi connectivity index (χ0n) is 15.0. The Kier molecular flexibility index (Phi) is 6.02. The van der Waals surface area contributed by atoms with Gasteiger partial charge in [-0.15, -0.1) is 11.3 Å². The van der Waals surface area contributed by atoms with Crippen LogP contribution in [0.25, 0.3) is 0 Å². The number of carbonyl (C=O) groups is 1. The SMILES string of the molecule is CC(C)c1ccc(OCC(=O)N(Cc2cccs2)c2ccccn2)cc1. The molecular weight excluding hydrogens is 344 g/mol. The summed E-state index contributed by atoms with van der Waals surface area (Å²) >= 11 is 1.62. The number of hydrogen-bond acceptors (Lipinski definition) is 4. The van der Waals surface area contributed by atoms with E-state index in [-0.39, 0.29) is 12.5 Å². The van der Waals surface area contributed by atoms with Crippen molar-refractivity contribution in [2.24, 2.45) is 0 Å². The third-order valence-corrected chi connectivity index (χ3v) is 4.89. The number of thiophene rings is 1. The lowest BCUT2D eigenvalue weighted by atomic mass is 10.0. The van der Waals surface area contributed by atoms with Crippen LogP contribution in [0.2, 0.25) is 0 Å². The zero-order chi connectivity index (χ0) is 18.4. The molecule has 3 aromatic rings. The van der Waals surface area contributed by atoms with Crippen LogP contribution in [-0.2, 0) is 11.3 Å². The minimum atomic E-state index is -0.120. The molecule has 0 radical (unpaired) electrons. The van der Waals surface area contributed by atoms with Crippen LogP contribution in [0.15, 0.2) is 66.2 Å². The maximum atomic E-state index is 12.8. The first-order chi connectivity index (χ1) is 12.6. The first-order valence-corrected chi connectivity index (χ1v) is 9.48. The Morgan fingerprint density at radius 2 is 1.92 bits per heavy atom. The van der Waals surface area contributed by atoms with Crippen molar-refractivity contribution in [3.63, 3.8) is 0 Å². The molecule has 0 N–H and O–H groups in total. The van der Waals surface area contributed by atoms with Crippen LogP contribution < -0.4 is 9.64 Å². The molecule has 0 aliphatic heterocycles. The number of rotatable bonds is 7. The van der Waals surface area contributed by atoms with Crippen molar-refractivity contribution in [1.82, 2.24) is 4.98 Å². The Hall–Kier alpha value is -2.66. The fraction of sp³-hybridized carbons (Fsp3) is 0.238. The average Bonchev–Trinajstić information content (AvgIpc) is 3.18. The van der Waals surface area contributed by atoms with Gasteiger partial charge in [0.25, 0.3) is 5.91 Å². The smallest absolute Gasteiger partial charge is 0.266 e. The van der Waals surface area contributed by atoms with Crippen LogP contribution in [0.4, 0.5) is 5.82 Å². The molecule has 134 valence electrons. The second-order valence-electron chi connectivity index (χ2n) is 6.26. The van der Waals surface area contributed by atoms with Gasteiger partial charge >= 0.3 is 0 Å². The summed E-state index contributed by atoms with van der Waals surface area (Å²) in [6.07, 6.45) is 1.69. The molecule has 3 rings (SSSR count). The number of benzene rings is 1. The van der Waals surface area contributed by atoms with E-state index in [9.17, 15) is 4.79 Å². The summed E-state index contributed by atoms with van der Waals surface area (Å²) in [7, 11) is 0. The van der Waals surface area contributed by atoms with E-state index in [1.165, 1.54) is 5.56 Å². The van der Waals surface area contributed by atoms with Gasteiger partial charge in [-0.05, 0) is 47.2 Å². The summed E-state index contributed by atoms with van der Waals surface area (Å²) in [6.45, 7) is 4.76. The number of pyridine rings is 1. The fourth-order valence-electron chi connectivity index (χ4n) is 2.54. The quantitative estimate of drug-likeness (QED) is 0.598. The van der Waals surface area contributed by atoms with Crippen molar-refractivity contribution in [2.45, 2.75) is 26.3 Å². The van der Waals surface area contributed by atoms with Gasteiger partial charge in [-0.25, -0.2) is 4.98 Å². The van der Waals surface area contributed by atoms with Crippen LogP contribution in [0.1, 0.15) is 30.2 Å². The number of carbonyl (C=O) groups excluding carboxylic acids is 1. The van der Waals surface area contributed by atoms with E-state index in [4.69, 9.17) is 4.74 Å². The molecule has 0 bridgehead atoms. The summed E-state index contributed by atoms with van der Waals surface area (Å²) in [6, 6.07) is 17.4. The number of aromatic nitrogens is 1. The van der Waals surface area contributed by atoms with Gasteiger partial charge < -0.3 is 4.74 Å². The maximum absolute atomic E-state index is 12.8. The monoisotopic (exact) mass is 366 g/mol. The summed E-state index contributed by atoms with van der Waals surface area (Å²) in [5.41, 5.74) is 1.25. The van der Waals surface area contributed by atoms with Crippen molar-refractivity contribution in [3.05, 3.63) is 76.6 Å². The molecule has 0 fully saturated rings. The molecule has 0 saturated heterocycles. The van der Waals surface area contributed by atoms with Crippen LogP contribution in [-0.4, -0.2) is 17.5 Å². The predicted octanol–water partition coefficient (Wildman–Crippen LogP) is 4.88. The molecule has 26 heavy (non-hydrogen) atoms. The van der Waals surface area contributed by atoms with E-state index in [0.717, 1.165) is 4.88 Å². The zero-order valence-corrected chi connectivity index (χ0v) is 15.8. The third-order valence-electron chi connectivity index (χ3n) is 4.03. The molecule has 2 aromatic heterocycles. The normalized spacial score (nSPS) is 10.7. The lowest BCUT2D eigenvalue weighted by Gasteiger charge is -2.21. The Labute approximate surface area is 158 Å². The Morgan fingerprint density at radius 3 is 2.54 bits per heavy atom. The summed E-state index contributed by atoms with van der Waals surface area (Å²) < 4.78 is 5.71. The van der Waals surface area contributed by atoms with E-state index in [1.54, 1.807) is 22.4 Å². The summed E-state index contributed by atoms with van der Waals surface area (Å²) in [4.78, 5) is 19.9. The Balaban J connectivity index is 1.69. The van der Waals surface area contributed by atoms with Gasteiger partial charge in [0, 0.05) is 11.1 Å². The number of hydrogen-bond donors (Lipinski definition) is 0. The molecule has 2 heterocycles. The van der Waals surface area contributed by atoms with Gasteiger partial charge in [0.1, 0.15) is 11.6 Å². The highest BCUT2D eigenvalue weighted by atomic mass is 32.1. The topological polar surface area (TPSA) is 42.4 Å². The van der Waals surface area contributed by atoms with E-state index in [2.05, 4.69) is 18.8 Å². The molecule has 4 nitrogen and oxygen atoms in total. The van der Waals surface area contributed by atoms with E-state index < -0.39 is 0 Å². The molecule has 0 spiro atoms. The highest BCUT2D eigenvalue weighted by Crippen LogP contribution is 2.20. The Morgan fingerprint density at radius 1 is 1.12 bits per heavy atom. The van der Waals surface area contributed by atoms with E-state index in [0.29, 0.717) is 24.0 Å². The molecule has 1 amide bonds. The van der Waals surface area contributed by atoms with Crippen LogP contribution in [0, 0.1) is 0 Å². The lowest BCUT2D eigenvalue weighted by molar-refractivity contribution is -0.120. The van der Waals surface area contributed by atoms with Crippen LogP contribution in [0.3, 0.4) is 0 Å². The molecular formula is C21H22N2O2S. The maximum Gasteiger partial charge on any atom is 0.266 e. The highest BCUT2D eigenvalue weighted by molar-refractivity contribution is 7.09. The first kappa shape index (κ1) is 18.1. The second kappa shape index (κ2) is 8.63. The van der Waals surface area contributed by atoms with Crippen molar-refractivity contribution < 1.29 is 9.53 Å². The standard InChI is InChI=1S/C21H22N2O2S/c1-16(2)17-8-10-18(11-9-17)25-15-21(24)23(14-19-6-5-13-26-19)20-7-3-4-12-22-20/h3-13,16H,14-15H2,1-2H3. The van der Waals surface area contributed by atoms with Gasteiger partial charge in [-0.2, -0.15) is 0 Å². The number of anilines is 1. The van der Waals surface area contributed by atoms with Crippen molar-refractivity contribution in [2.75, 3.05) is 11.5 Å². The fourth-order valence-corrected chi connectivity index (χ4v) is 3.23. The number of amides is 1. The number of ether oxygens (including phenoxy) is 1. The van der Waals surface area contributed by atoms with Gasteiger partial charge in [0.2, 0.25) is 0 Å². The first-order valence-electron chi connectivity index (χ1n) is 8.60. The van der Waals surface area contributed by atoms with E-state index >= 15 is 0 Å². The average molecular weight is 366 g/mol. The Bertz CT molecular complexity index is 815. The van der Waals surface area contributed by atoms with Gasteiger partial charge in [-0.1, -0.05) is 38.1 Å². The van der Waals surface area contributed by atoms with Crippen molar-refractivity contribution in [3.8, 4) is 5.75 Å². The van der Waals surface area contributed by atoms with Crippen LogP contribution in [0.5, 0.6) is 5.75 Å². The number of nitrogens with zero attached hydrogens (tertiary/aromatic N) is 2. The van der Waals surface area contributed by atoms with Gasteiger partial charge in [0.05, 0.1) is 6.54 Å². The molecule has 0 aliphatic carbocycles. The van der Waals surface area contributed by atoms with Gasteiger partial charge in [0.15, 0.2) is 6.61 Å². The van der Waals surface area contributed by atoms with Crippen molar-refractivity contribution >= 4 is 23.1 Å². The minimum absolute atomic E-state index is 0.0248.